The molecule has 4 rings (SSSR count). The predicted octanol–water partition coefficient (Wildman–Crippen LogP) is 3.91. The molecule has 1 aromatic rings. The molecule has 2 saturated carbocycles. The number of benzene rings is 1. The van der Waals surface area contributed by atoms with Gasteiger partial charge in [-0.25, -0.2) is 0 Å². The molecule has 3 atom stereocenters. The molecule has 1 heterocycles. The van der Waals surface area contributed by atoms with Crippen LogP contribution in [0.1, 0.15) is 51.4 Å². The first kappa shape index (κ1) is 23.8. The van der Waals surface area contributed by atoms with Crippen LogP contribution in [0.15, 0.2) is 18.2 Å². The molecule has 9 heteroatoms. The second kappa shape index (κ2) is 9.90. The van der Waals surface area contributed by atoms with Crippen molar-refractivity contribution < 1.29 is 19.1 Å². The van der Waals surface area contributed by atoms with Crippen LogP contribution in [0.2, 0.25) is 10.0 Å². The maximum absolute atomic E-state index is 13.2. The summed E-state index contributed by atoms with van der Waals surface area (Å²) in [4.78, 5) is 39.8. The lowest BCUT2D eigenvalue weighted by Gasteiger charge is -2.37. The van der Waals surface area contributed by atoms with Crippen LogP contribution in [0.5, 0.6) is 5.75 Å². The molecule has 7 nitrogen and oxygen atoms in total. The van der Waals surface area contributed by atoms with E-state index in [-0.39, 0.29) is 35.5 Å². The monoisotopic (exact) mass is 491 g/mol. The highest BCUT2D eigenvalue weighted by atomic mass is 35.5. The third kappa shape index (κ3) is 5.28. The van der Waals surface area contributed by atoms with Gasteiger partial charge in [-0.3, -0.25) is 14.4 Å². The van der Waals surface area contributed by atoms with E-state index in [9.17, 15) is 19.6 Å². The fourth-order valence-corrected chi connectivity index (χ4v) is 5.70. The Hall–Kier alpha value is -2.30. The summed E-state index contributed by atoms with van der Waals surface area (Å²) < 4.78 is 5.61. The smallest absolute Gasteiger partial charge is 0.261 e. The number of Topliss-reactive ketones (excluding diaryl/α,β-unsaturated/α-hetero) is 1. The Morgan fingerprint density at radius 2 is 2.09 bits per heavy atom. The number of nitrogens with one attached hydrogen (secondary N) is 1. The number of nitrogens with zero attached hydrogens (tertiary/aromatic N) is 2. The summed E-state index contributed by atoms with van der Waals surface area (Å²) >= 11 is 12.0. The number of ether oxygens (including phenoxy) is 1. The van der Waals surface area contributed by atoms with Gasteiger partial charge in [-0.05, 0) is 62.1 Å². The first-order valence-electron chi connectivity index (χ1n) is 11.4. The molecule has 1 aromatic carbocycles. The van der Waals surface area contributed by atoms with E-state index < -0.39 is 12.1 Å². The van der Waals surface area contributed by atoms with Crippen LogP contribution in [0, 0.1) is 22.7 Å². The lowest BCUT2D eigenvalue weighted by atomic mass is 9.67. The molecule has 0 radical (unpaired) electrons. The van der Waals surface area contributed by atoms with E-state index in [0.717, 1.165) is 32.1 Å². The summed E-state index contributed by atoms with van der Waals surface area (Å²) in [6, 6.07) is 5.47. The molecule has 2 aliphatic carbocycles. The van der Waals surface area contributed by atoms with Gasteiger partial charge in [0.05, 0.1) is 11.1 Å². The second-order valence-corrected chi connectivity index (χ2v) is 10.3. The maximum Gasteiger partial charge on any atom is 0.261 e. The minimum atomic E-state index is -0.747. The SMILES string of the molecule is N#C[C@H](C[C@@H]1CCCC1=O)NC(=O)[C@@H]1CC2(CCC2)CN1C(=O)COc1ccc(Cl)cc1Cl. The molecule has 0 aromatic heterocycles. The summed E-state index contributed by atoms with van der Waals surface area (Å²) in [6.07, 6.45) is 6.07. The zero-order valence-corrected chi connectivity index (χ0v) is 19.8. The number of halogens is 2. The number of carbonyl (C=O) groups excluding carboxylic acids is 3. The first-order chi connectivity index (χ1) is 15.8. The van der Waals surface area contributed by atoms with Gasteiger partial charge in [0.2, 0.25) is 5.91 Å². The van der Waals surface area contributed by atoms with Gasteiger partial charge in [-0.1, -0.05) is 29.6 Å². The van der Waals surface area contributed by atoms with E-state index in [0.29, 0.717) is 41.6 Å². The summed E-state index contributed by atoms with van der Waals surface area (Å²) in [5.41, 5.74) is -0.0425. The third-order valence-corrected chi connectivity index (χ3v) is 7.74. The quantitative estimate of drug-likeness (QED) is 0.622. The van der Waals surface area contributed by atoms with E-state index in [1.165, 1.54) is 6.07 Å². The van der Waals surface area contributed by atoms with E-state index in [4.69, 9.17) is 27.9 Å². The zero-order chi connectivity index (χ0) is 23.6. The Kier molecular flexibility index (Phi) is 7.16. The molecule has 1 saturated heterocycles. The summed E-state index contributed by atoms with van der Waals surface area (Å²) in [5, 5.41) is 13.1. The van der Waals surface area contributed by atoms with Crippen molar-refractivity contribution in [1.29, 1.82) is 5.26 Å². The van der Waals surface area contributed by atoms with Crippen molar-refractivity contribution in [2.75, 3.05) is 13.2 Å². The van der Waals surface area contributed by atoms with Crippen LogP contribution < -0.4 is 10.1 Å². The Morgan fingerprint density at radius 3 is 2.70 bits per heavy atom. The molecule has 1 spiro atoms. The molecule has 1 aliphatic heterocycles. The number of nitriles is 1. The minimum absolute atomic E-state index is 0.0425. The number of amides is 2. The average Bonchev–Trinajstić information content (AvgIpc) is 3.36. The Balaban J connectivity index is 1.41. The summed E-state index contributed by atoms with van der Waals surface area (Å²) in [6.45, 7) is 0.249. The Bertz CT molecular complexity index is 988. The van der Waals surface area contributed by atoms with Crippen LogP contribution >= 0.6 is 23.2 Å². The number of ketones is 1. The Labute approximate surface area is 203 Å². The van der Waals surface area contributed by atoms with Crippen molar-refractivity contribution >= 4 is 40.8 Å². The van der Waals surface area contributed by atoms with E-state index in [2.05, 4.69) is 11.4 Å². The van der Waals surface area contributed by atoms with Gasteiger partial charge in [-0.2, -0.15) is 5.26 Å². The topological polar surface area (TPSA) is 99.5 Å². The van der Waals surface area contributed by atoms with E-state index >= 15 is 0 Å². The van der Waals surface area contributed by atoms with Crippen molar-refractivity contribution in [3.05, 3.63) is 28.2 Å². The van der Waals surface area contributed by atoms with E-state index in [1.807, 2.05) is 0 Å². The molecular formula is C24H27Cl2N3O4. The maximum atomic E-state index is 13.2. The van der Waals surface area contributed by atoms with Gasteiger partial charge >= 0.3 is 0 Å². The minimum Gasteiger partial charge on any atom is -0.482 e. The van der Waals surface area contributed by atoms with Crippen LogP contribution in [0.3, 0.4) is 0 Å². The van der Waals surface area contributed by atoms with Crippen LogP contribution in [0.25, 0.3) is 0 Å². The fraction of sp³-hybridized carbons (Fsp3) is 0.583. The highest BCUT2D eigenvalue weighted by Crippen LogP contribution is 2.50. The van der Waals surface area contributed by atoms with Gasteiger partial charge in [0.1, 0.15) is 23.6 Å². The second-order valence-electron chi connectivity index (χ2n) is 9.44. The van der Waals surface area contributed by atoms with Crippen LogP contribution in [-0.2, 0) is 14.4 Å². The normalized spacial score (nSPS) is 24.3. The first-order valence-corrected chi connectivity index (χ1v) is 12.2. The summed E-state index contributed by atoms with van der Waals surface area (Å²) in [7, 11) is 0. The fourth-order valence-electron chi connectivity index (χ4n) is 5.24. The van der Waals surface area contributed by atoms with Crippen molar-refractivity contribution in [2.24, 2.45) is 11.3 Å². The lowest BCUT2D eigenvalue weighted by Crippen LogP contribution is -2.50. The number of hydrogen-bond donors (Lipinski definition) is 1. The predicted molar refractivity (Wildman–Crippen MR) is 123 cm³/mol. The van der Waals surface area contributed by atoms with Crippen molar-refractivity contribution in [3.8, 4) is 11.8 Å². The molecule has 2 amide bonds. The zero-order valence-electron chi connectivity index (χ0n) is 18.3. The van der Waals surface area contributed by atoms with Crippen molar-refractivity contribution in [2.45, 2.75) is 63.5 Å². The molecule has 0 unspecified atom stereocenters. The third-order valence-electron chi connectivity index (χ3n) is 7.21. The molecule has 3 fully saturated rings. The Morgan fingerprint density at radius 1 is 1.30 bits per heavy atom. The molecule has 0 bridgehead atoms. The number of carbonyl (C=O) groups is 3. The van der Waals surface area contributed by atoms with Gasteiger partial charge in [0.15, 0.2) is 6.61 Å². The van der Waals surface area contributed by atoms with Gasteiger partial charge in [0.25, 0.3) is 5.91 Å². The van der Waals surface area contributed by atoms with Gasteiger partial charge < -0.3 is 15.0 Å². The average molecular weight is 492 g/mol. The summed E-state index contributed by atoms with van der Waals surface area (Å²) in [5.74, 6) is -0.308. The largest absolute Gasteiger partial charge is 0.482 e. The van der Waals surface area contributed by atoms with Crippen LogP contribution in [0.4, 0.5) is 0 Å². The molecular weight excluding hydrogens is 465 g/mol. The highest BCUT2D eigenvalue weighted by molar-refractivity contribution is 6.35. The number of hydrogen-bond acceptors (Lipinski definition) is 5. The molecule has 1 N–H and O–H groups in total. The molecule has 176 valence electrons. The standard InChI is InChI=1S/C24H27Cl2N3O4/c25-16-5-6-21(18(26)10-16)33-13-22(31)29-14-24(7-2-8-24)11-19(29)23(32)28-17(12-27)9-15-3-1-4-20(15)30/h5-6,10,15,17,19H,1-4,7-9,11,13-14H2,(H,28,32)/t15-,17-,19-/m0/s1. The van der Waals surface area contributed by atoms with Crippen molar-refractivity contribution in [3.63, 3.8) is 0 Å². The van der Waals surface area contributed by atoms with Crippen molar-refractivity contribution in [1.82, 2.24) is 10.2 Å². The van der Waals surface area contributed by atoms with E-state index in [1.54, 1.807) is 17.0 Å². The van der Waals surface area contributed by atoms with Crippen LogP contribution in [-0.4, -0.2) is 47.7 Å². The number of rotatable bonds is 7. The van der Waals surface area contributed by atoms with Gasteiger partial charge in [0, 0.05) is 23.9 Å². The van der Waals surface area contributed by atoms with Gasteiger partial charge in [-0.15, -0.1) is 0 Å². The highest BCUT2D eigenvalue weighted by Gasteiger charge is 2.51. The molecule has 33 heavy (non-hydrogen) atoms. The number of likely N-dealkylation sites (tertiary alicyclic amines) is 1. The lowest BCUT2D eigenvalue weighted by molar-refractivity contribution is -0.140. The molecule has 3 aliphatic rings.